The molecule has 202 valence electrons. The Hall–Kier alpha value is -3.54. The lowest BCUT2D eigenvalue weighted by atomic mass is 9.99. The summed E-state index contributed by atoms with van der Waals surface area (Å²) in [6, 6.07) is 11.7. The van der Waals surface area contributed by atoms with E-state index in [2.05, 4.69) is 10.6 Å². The molecule has 3 rings (SSSR count). The van der Waals surface area contributed by atoms with Crippen LogP contribution >= 0.6 is 11.6 Å². The predicted octanol–water partition coefficient (Wildman–Crippen LogP) is 3.17. The Balaban J connectivity index is 1.87. The number of rotatable bonds is 9. The summed E-state index contributed by atoms with van der Waals surface area (Å²) in [5.41, 5.74) is 2.52. The zero-order valence-electron chi connectivity index (χ0n) is 21.9. The molecular formula is C26H33ClN6O4Si. The van der Waals surface area contributed by atoms with Gasteiger partial charge in [-0.05, 0) is 50.3 Å². The van der Waals surface area contributed by atoms with Crippen molar-refractivity contribution in [1.82, 2.24) is 10.6 Å². The number of hydrogen-bond acceptors (Lipinski definition) is 7. The van der Waals surface area contributed by atoms with Crippen molar-refractivity contribution >= 4 is 54.8 Å². The lowest BCUT2D eigenvalue weighted by Gasteiger charge is -2.26. The van der Waals surface area contributed by atoms with Crippen molar-refractivity contribution in [2.75, 3.05) is 25.1 Å². The van der Waals surface area contributed by atoms with Gasteiger partial charge in [0.25, 0.3) is 0 Å². The summed E-state index contributed by atoms with van der Waals surface area (Å²) in [6.45, 7) is 5.35. The normalized spacial score (nSPS) is 15.2. The van der Waals surface area contributed by atoms with E-state index in [-0.39, 0.29) is 49.0 Å². The van der Waals surface area contributed by atoms with Gasteiger partial charge in [0.2, 0.25) is 11.8 Å². The number of nitrogens with one attached hydrogen (secondary N) is 4. The van der Waals surface area contributed by atoms with E-state index in [1.165, 1.54) is 4.90 Å². The van der Waals surface area contributed by atoms with Crippen LogP contribution in [0.2, 0.25) is 24.2 Å². The van der Waals surface area contributed by atoms with E-state index in [0.717, 1.165) is 5.56 Å². The monoisotopic (exact) mass is 556 g/mol. The molecule has 0 aliphatic carbocycles. The van der Waals surface area contributed by atoms with Crippen LogP contribution in [0.25, 0.3) is 0 Å². The Morgan fingerprint density at radius 3 is 2.34 bits per heavy atom. The Morgan fingerprint density at radius 2 is 1.76 bits per heavy atom. The molecular weight excluding hydrogens is 524 g/mol. The van der Waals surface area contributed by atoms with E-state index in [9.17, 15) is 14.4 Å². The lowest BCUT2D eigenvalue weighted by Crippen LogP contribution is -2.43. The third-order valence-corrected chi connectivity index (χ3v) is 7.17. The fourth-order valence-electron chi connectivity index (χ4n) is 4.04. The number of methoxy groups -OCH3 is 1. The minimum absolute atomic E-state index is 0.00790. The number of halogens is 1. The van der Waals surface area contributed by atoms with Gasteiger partial charge in [0.15, 0.2) is 8.32 Å². The van der Waals surface area contributed by atoms with Crippen molar-refractivity contribution in [2.24, 2.45) is 4.99 Å². The van der Waals surface area contributed by atoms with Gasteiger partial charge in [-0.15, -0.1) is 0 Å². The molecule has 12 heteroatoms. The molecule has 1 heterocycles. The number of fused-ring (bicyclic) bond motifs is 1. The van der Waals surface area contributed by atoms with E-state index >= 15 is 0 Å². The SMILES string of the molecule is COc1ccc2c(c1)C(c1ccc(Cl)cc1)=N[C@@H](CC(=O)NCCNC(=O)C[Si](C)(C)O)C(=N)N2C(C)=N. The summed E-state index contributed by atoms with van der Waals surface area (Å²) in [5.74, 6) is 0.0802. The molecule has 1 aliphatic rings. The van der Waals surface area contributed by atoms with E-state index in [1.807, 2.05) is 12.1 Å². The van der Waals surface area contributed by atoms with Gasteiger partial charge in [0.1, 0.15) is 23.5 Å². The minimum atomic E-state index is -2.51. The molecule has 0 saturated heterocycles. The van der Waals surface area contributed by atoms with Crippen LogP contribution in [-0.4, -0.2) is 68.6 Å². The van der Waals surface area contributed by atoms with Crippen molar-refractivity contribution in [3.8, 4) is 5.75 Å². The van der Waals surface area contributed by atoms with Gasteiger partial charge in [-0.25, -0.2) is 0 Å². The van der Waals surface area contributed by atoms with Crippen molar-refractivity contribution in [3.63, 3.8) is 0 Å². The molecule has 0 bridgehead atoms. The summed E-state index contributed by atoms with van der Waals surface area (Å²) >= 11 is 6.11. The summed E-state index contributed by atoms with van der Waals surface area (Å²) in [6.07, 6.45) is -0.130. The second-order valence-electron chi connectivity index (χ2n) is 9.58. The Morgan fingerprint density at radius 1 is 1.13 bits per heavy atom. The van der Waals surface area contributed by atoms with Gasteiger partial charge in [0.05, 0.1) is 24.9 Å². The zero-order valence-corrected chi connectivity index (χ0v) is 23.6. The maximum atomic E-state index is 12.8. The van der Waals surface area contributed by atoms with Crippen molar-refractivity contribution < 1.29 is 19.1 Å². The fourth-order valence-corrected chi connectivity index (χ4v) is 5.08. The Bertz CT molecular complexity index is 1260. The van der Waals surface area contributed by atoms with E-state index in [4.69, 9.17) is 32.1 Å². The standard InChI is InChI=1S/C26H33ClN6O4Si/c1-16(28)33-22-10-9-19(37-2)13-20(22)25(17-5-7-18(27)8-6-17)32-21(26(33)29)14-23(34)30-11-12-31-24(35)15-38(3,4)36/h5-10,13,21,28-29,36H,11-12,14-15H2,1-4H3,(H,30,34)(H,31,35)/t21-/m0/s1. The molecule has 0 fully saturated rings. The third kappa shape index (κ3) is 7.50. The highest BCUT2D eigenvalue weighted by Gasteiger charge is 2.32. The number of carbonyl (C=O) groups excluding carboxylic acids is 2. The molecule has 0 aromatic heterocycles. The van der Waals surface area contributed by atoms with Gasteiger partial charge >= 0.3 is 0 Å². The number of nitrogens with zero attached hydrogens (tertiary/aromatic N) is 2. The van der Waals surface area contributed by atoms with Crippen molar-refractivity contribution in [3.05, 3.63) is 58.6 Å². The van der Waals surface area contributed by atoms with Gasteiger partial charge in [-0.2, -0.15) is 0 Å². The second-order valence-corrected chi connectivity index (χ2v) is 14.0. The van der Waals surface area contributed by atoms with Crippen molar-refractivity contribution in [1.29, 1.82) is 10.8 Å². The number of ether oxygens (including phenoxy) is 1. The summed E-state index contributed by atoms with van der Waals surface area (Å²) in [5, 5.41) is 23.3. The van der Waals surface area contributed by atoms with Crippen LogP contribution in [0.4, 0.5) is 5.69 Å². The molecule has 0 unspecified atom stereocenters. The van der Waals surface area contributed by atoms with Crippen LogP contribution in [0.1, 0.15) is 24.5 Å². The maximum absolute atomic E-state index is 12.8. The number of anilines is 1. The number of benzene rings is 2. The molecule has 2 aromatic rings. The van der Waals surface area contributed by atoms with Crippen LogP contribution < -0.4 is 20.3 Å². The highest BCUT2D eigenvalue weighted by Crippen LogP contribution is 2.33. The van der Waals surface area contributed by atoms with Crippen LogP contribution in [-0.2, 0) is 9.59 Å². The van der Waals surface area contributed by atoms with Gasteiger partial charge in [0, 0.05) is 35.3 Å². The minimum Gasteiger partial charge on any atom is -0.497 e. The summed E-state index contributed by atoms with van der Waals surface area (Å²) in [4.78, 5) is 41.0. The van der Waals surface area contributed by atoms with Crippen molar-refractivity contribution in [2.45, 2.75) is 38.5 Å². The number of carbonyl (C=O) groups is 2. The second kappa shape index (κ2) is 12.3. The summed E-state index contributed by atoms with van der Waals surface area (Å²) in [7, 11) is -0.949. The number of aliphatic imine (C=N–C) groups is 1. The molecule has 5 N–H and O–H groups in total. The van der Waals surface area contributed by atoms with Crippen LogP contribution in [0.5, 0.6) is 5.75 Å². The molecule has 0 spiro atoms. The average molecular weight is 557 g/mol. The number of benzodiazepines with no additional fused rings is 1. The highest BCUT2D eigenvalue weighted by atomic mass is 35.5. The molecule has 10 nitrogen and oxygen atoms in total. The lowest BCUT2D eigenvalue weighted by molar-refractivity contribution is -0.122. The van der Waals surface area contributed by atoms with Gasteiger partial charge in [-0.1, -0.05) is 23.7 Å². The first-order chi connectivity index (χ1) is 17.9. The van der Waals surface area contributed by atoms with E-state index in [1.54, 1.807) is 57.5 Å². The molecule has 1 aliphatic heterocycles. The number of hydrogen-bond donors (Lipinski definition) is 5. The fraction of sp³-hybridized carbons (Fsp3) is 0.346. The van der Waals surface area contributed by atoms with E-state index in [0.29, 0.717) is 27.7 Å². The van der Waals surface area contributed by atoms with Crippen LogP contribution in [0.3, 0.4) is 0 Å². The zero-order chi connectivity index (χ0) is 28.0. The molecule has 38 heavy (non-hydrogen) atoms. The average Bonchev–Trinajstić information content (AvgIpc) is 2.95. The first-order valence-corrected chi connectivity index (χ1v) is 15.6. The van der Waals surface area contributed by atoms with Crippen LogP contribution in [0, 0.1) is 10.8 Å². The largest absolute Gasteiger partial charge is 0.497 e. The summed E-state index contributed by atoms with van der Waals surface area (Å²) < 4.78 is 5.43. The molecule has 2 amide bonds. The third-order valence-electron chi connectivity index (χ3n) is 5.74. The predicted molar refractivity (Wildman–Crippen MR) is 153 cm³/mol. The molecule has 1 atom stereocenters. The molecule has 0 saturated carbocycles. The topological polar surface area (TPSA) is 151 Å². The number of amidine groups is 2. The first kappa shape index (κ1) is 29.0. The van der Waals surface area contributed by atoms with Crippen LogP contribution in [0.15, 0.2) is 47.5 Å². The highest BCUT2D eigenvalue weighted by molar-refractivity contribution is 6.72. The molecule has 0 radical (unpaired) electrons. The maximum Gasteiger partial charge on any atom is 0.222 e. The van der Waals surface area contributed by atoms with Gasteiger partial charge < -0.3 is 20.2 Å². The van der Waals surface area contributed by atoms with Gasteiger partial charge in [-0.3, -0.25) is 30.3 Å². The smallest absolute Gasteiger partial charge is 0.222 e. The Labute approximate surface area is 228 Å². The van der Waals surface area contributed by atoms with E-state index < -0.39 is 14.4 Å². The first-order valence-electron chi connectivity index (χ1n) is 12.1. The quantitative estimate of drug-likeness (QED) is 0.139. The Kier molecular flexibility index (Phi) is 9.42. The number of amides is 2. The molecule has 2 aromatic carbocycles.